The van der Waals surface area contributed by atoms with Gasteiger partial charge in [-0.3, -0.25) is 4.79 Å². The van der Waals surface area contributed by atoms with Crippen molar-refractivity contribution in [2.24, 2.45) is 0 Å². The van der Waals surface area contributed by atoms with Gasteiger partial charge in [-0.25, -0.2) is 0 Å². The second kappa shape index (κ2) is 5.21. The van der Waals surface area contributed by atoms with Crippen molar-refractivity contribution in [3.63, 3.8) is 0 Å². The van der Waals surface area contributed by atoms with Crippen LogP contribution in [0.15, 0.2) is 18.2 Å². The molecule has 1 aromatic carbocycles. The van der Waals surface area contributed by atoms with E-state index in [1.807, 2.05) is 0 Å². The third kappa shape index (κ3) is 3.26. The summed E-state index contributed by atoms with van der Waals surface area (Å²) in [5.41, 5.74) is -1.78. The Kier molecular flexibility index (Phi) is 4.25. The summed E-state index contributed by atoms with van der Waals surface area (Å²) in [4.78, 5) is 12.2. The summed E-state index contributed by atoms with van der Waals surface area (Å²) in [5.74, 6) is 0. The molecule has 19 heavy (non-hydrogen) atoms. The molecule has 0 atom stereocenters. The fourth-order valence-corrected chi connectivity index (χ4v) is 1.56. The number of hydrogen-bond donors (Lipinski definition) is 1. The Bertz CT molecular complexity index is 469. The van der Waals surface area contributed by atoms with Crippen molar-refractivity contribution >= 4 is 12.0 Å². The average Bonchev–Trinajstić information content (AvgIpc) is 2.36. The monoisotopic (exact) mass is 275 g/mol. The van der Waals surface area contributed by atoms with E-state index in [2.05, 4.69) is 0 Å². The molecule has 0 aromatic heterocycles. The third-order valence-electron chi connectivity index (χ3n) is 3.15. The highest BCUT2D eigenvalue weighted by Gasteiger charge is 2.34. The summed E-state index contributed by atoms with van der Waals surface area (Å²) in [7, 11) is 1.59. The number of hydrogen-bond acceptors (Lipinski definition) is 3. The van der Waals surface area contributed by atoms with Crippen LogP contribution in [0.4, 0.5) is 18.9 Å². The van der Waals surface area contributed by atoms with E-state index in [1.54, 1.807) is 20.9 Å². The lowest BCUT2D eigenvalue weighted by Crippen LogP contribution is -2.44. The van der Waals surface area contributed by atoms with Gasteiger partial charge in [-0.2, -0.15) is 13.2 Å². The van der Waals surface area contributed by atoms with Crippen molar-refractivity contribution in [1.82, 2.24) is 0 Å². The number of anilines is 1. The molecule has 1 rings (SSSR count). The number of alkyl halides is 3. The van der Waals surface area contributed by atoms with E-state index < -0.39 is 22.8 Å². The minimum Gasteiger partial charge on any atom is -0.394 e. The van der Waals surface area contributed by atoms with Gasteiger partial charge in [0.05, 0.1) is 17.7 Å². The quantitative estimate of drug-likeness (QED) is 0.859. The Hall–Kier alpha value is -1.56. The molecule has 0 aliphatic rings. The zero-order chi connectivity index (χ0) is 14.8. The van der Waals surface area contributed by atoms with Crippen LogP contribution >= 0.6 is 0 Å². The molecule has 0 fully saturated rings. The number of likely N-dealkylation sites (N-methyl/N-ethyl adjacent to an activating group) is 1. The second-order valence-corrected chi connectivity index (χ2v) is 4.92. The molecule has 0 radical (unpaired) electrons. The first-order valence-corrected chi connectivity index (χ1v) is 5.64. The maximum atomic E-state index is 12.8. The zero-order valence-electron chi connectivity index (χ0n) is 11.0. The summed E-state index contributed by atoms with van der Waals surface area (Å²) in [5, 5.41) is 9.24. The van der Waals surface area contributed by atoms with Gasteiger partial charge < -0.3 is 10.0 Å². The van der Waals surface area contributed by atoms with Gasteiger partial charge in [-0.15, -0.1) is 0 Å². The van der Waals surface area contributed by atoms with E-state index in [0.717, 1.165) is 12.1 Å². The van der Waals surface area contributed by atoms with Crippen LogP contribution in [0.25, 0.3) is 0 Å². The molecule has 1 aromatic rings. The average molecular weight is 275 g/mol. The van der Waals surface area contributed by atoms with Crippen molar-refractivity contribution < 1.29 is 23.1 Å². The number of carbonyl (C=O) groups excluding carboxylic acids is 1. The number of aliphatic hydroxyl groups is 1. The van der Waals surface area contributed by atoms with Gasteiger partial charge in [0.15, 0.2) is 6.29 Å². The van der Waals surface area contributed by atoms with E-state index in [-0.39, 0.29) is 18.6 Å². The van der Waals surface area contributed by atoms with E-state index in [4.69, 9.17) is 0 Å². The van der Waals surface area contributed by atoms with Gasteiger partial charge in [0.1, 0.15) is 0 Å². The van der Waals surface area contributed by atoms with Crippen molar-refractivity contribution in [1.29, 1.82) is 0 Å². The Labute approximate surface area is 109 Å². The van der Waals surface area contributed by atoms with Gasteiger partial charge in [0, 0.05) is 18.3 Å². The van der Waals surface area contributed by atoms with Crippen LogP contribution in [-0.2, 0) is 6.18 Å². The first-order chi connectivity index (χ1) is 8.63. The standard InChI is InChI=1S/C13H16F3NO2/c1-12(2,8-19)17(3)10-5-4-9(7-18)11(6-10)13(14,15)16/h4-7,19H,8H2,1-3H3. The number of benzene rings is 1. The molecule has 1 N–H and O–H groups in total. The topological polar surface area (TPSA) is 40.5 Å². The molecule has 0 aliphatic carbocycles. The minimum atomic E-state index is -4.59. The molecule has 0 saturated heterocycles. The third-order valence-corrected chi connectivity index (χ3v) is 3.15. The summed E-state index contributed by atoms with van der Waals surface area (Å²) >= 11 is 0. The SMILES string of the molecule is CN(c1ccc(C=O)c(C(F)(F)F)c1)C(C)(C)CO. The van der Waals surface area contributed by atoms with Crippen LogP contribution in [0.3, 0.4) is 0 Å². The summed E-state index contributed by atoms with van der Waals surface area (Å²) in [6, 6.07) is 3.48. The van der Waals surface area contributed by atoms with Crippen LogP contribution in [0.1, 0.15) is 29.8 Å². The maximum absolute atomic E-state index is 12.8. The van der Waals surface area contributed by atoms with Crippen LogP contribution in [0.5, 0.6) is 0 Å². The Morgan fingerprint density at radius 1 is 1.32 bits per heavy atom. The normalized spacial score (nSPS) is 12.4. The number of halogens is 3. The molecule has 0 bridgehead atoms. The van der Waals surface area contributed by atoms with E-state index in [9.17, 15) is 23.1 Å². The van der Waals surface area contributed by atoms with Gasteiger partial charge in [-0.1, -0.05) is 0 Å². The molecule has 0 aliphatic heterocycles. The number of aldehydes is 1. The van der Waals surface area contributed by atoms with E-state index in [0.29, 0.717) is 0 Å². The van der Waals surface area contributed by atoms with Crippen LogP contribution in [0, 0.1) is 0 Å². The van der Waals surface area contributed by atoms with Crippen LogP contribution in [-0.4, -0.2) is 30.6 Å². The molecule has 3 nitrogen and oxygen atoms in total. The highest BCUT2D eigenvalue weighted by Crippen LogP contribution is 2.35. The predicted molar refractivity (Wildman–Crippen MR) is 66.4 cm³/mol. The van der Waals surface area contributed by atoms with Crippen LogP contribution < -0.4 is 4.90 Å². The van der Waals surface area contributed by atoms with Gasteiger partial charge in [0.2, 0.25) is 0 Å². The Morgan fingerprint density at radius 3 is 2.32 bits per heavy atom. The van der Waals surface area contributed by atoms with Crippen molar-refractivity contribution in [3.05, 3.63) is 29.3 Å². The Balaban J connectivity index is 3.30. The van der Waals surface area contributed by atoms with Crippen LogP contribution in [0.2, 0.25) is 0 Å². The van der Waals surface area contributed by atoms with Gasteiger partial charge >= 0.3 is 6.18 Å². The molecule has 0 spiro atoms. The van der Waals surface area contributed by atoms with Gasteiger partial charge in [-0.05, 0) is 32.0 Å². The summed E-state index contributed by atoms with van der Waals surface area (Å²) in [6.45, 7) is 3.20. The fraction of sp³-hybridized carbons (Fsp3) is 0.462. The highest BCUT2D eigenvalue weighted by atomic mass is 19.4. The lowest BCUT2D eigenvalue weighted by Gasteiger charge is -2.36. The first kappa shape index (κ1) is 15.5. The number of nitrogens with zero attached hydrogens (tertiary/aromatic N) is 1. The fourth-order valence-electron chi connectivity index (χ4n) is 1.56. The predicted octanol–water partition coefficient (Wildman–Crippen LogP) is 2.73. The smallest absolute Gasteiger partial charge is 0.394 e. The molecule has 0 unspecified atom stereocenters. The molecule has 0 amide bonds. The van der Waals surface area contributed by atoms with Crippen molar-refractivity contribution in [2.45, 2.75) is 25.6 Å². The largest absolute Gasteiger partial charge is 0.417 e. The molecule has 6 heteroatoms. The van der Waals surface area contributed by atoms with Crippen molar-refractivity contribution in [2.75, 3.05) is 18.6 Å². The van der Waals surface area contributed by atoms with Gasteiger partial charge in [0.25, 0.3) is 0 Å². The minimum absolute atomic E-state index is 0.184. The number of carbonyl (C=O) groups is 1. The highest BCUT2D eigenvalue weighted by molar-refractivity contribution is 5.79. The zero-order valence-corrected chi connectivity index (χ0v) is 11.0. The second-order valence-electron chi connectivity index (χ2n) is 4.92. The molecule has 0 heterocycles. The summed E-state index contributed by atoms with van der Waals surface area (Å²) in [6.07, 6.45) is -4.40. The van der Waals surface area contributed by atoms with E-state index in [1.165, 1.54) is 11.0 Å². The van der Waals surface area contributed by atoms with E-state index >= 15 is 0 Å². The lowest BCUT2D eigenvalue weighted by atomic mass is 10.0. The lowest BCUT2D eigenvalue weighted by molar-refractivity contribution is -0.137. The molecule has 0 saturated carbocycles. The molecule has 106 valence electrons. The van der Waals surface area contributed by atoms with Crippen molar-refractivity contribution in [3.8, 4) is 0 Å². The Morgan fingerprint density at radius 2 is 1.89 bits per heavy atom. The summed E-state index contributed by atoms with van der Waals surface area (Å²) < 4.78 is 38.5. The molecular formula is C13H16F3NO2. The maximum Gasteiger partial charge on any atom is 0.417 e. The molecular weight excluding hydrogens is 259 g/mol. The first-order valence-electron chi connectivity index (χ1n) is 5.64. The number of rotatable bonds is 4. The number of aliphatic hydroxyl groups excluding tert-OH is 1.